The largest absolute Gasteiger partial charge is 0.354 e. The third-order valence-electron chi connectivity index (χ3n) is 5.63. The highest BCUT2D eigenvalue weighted by Gasteiger charge is 2.25. The number of fused-ring (bicyclic) bond motifs is 1. The second-order valence-electron chi connectivity index (χ2n) is 7.77. The molecule has 3 amide bonds. The van der Waals surface area contributed by atoms with Gasteiger partial charge in [0, 0.05) is 23.4 Å². The molecule has 32 heavy (non-hydrogen) atoms. The van der Waals surface area contributed by atoms with Gasteiger partial charge in [-0.25, -0.2) is 4.79 Å². The van der Waals surface area contributed by atoms with Gasteiger partial charge in [0.05, 0.1) is 11.7 Å². The van der Waals surface area contributed by atoms with Crippen LogP contribution in [-0.4, -0.2) is 29.5 Å². The molecule has 4 aromatic rings. The van der Waals surface area contributed by atoms with Crippen LogP contribution in [0, 0.1) is 0 Å². The molecule has 0 aliphatic carbocycles. The minimum absolute atomic E-state index is 0.0358. The lowest BCUT2D eigenvalue weighted by atomic mass is 9.87. The number of carbonyl (C=O) groups is 2. The number of benzene rings is 3. The van der Waals surface area contributed by atoms with Gasteiger partial charge >= 0.3 is 6.03 Å². The number of aromatic nitrogens is 1. The monoisotopic (exact) mass is 426 g/mol. The van der Waals surface area contributed by atoms with E-state index in [9.17, 15) is 9.59 Å². The fourth-order valence-electron chi connectivity index (χ4n) is 4.05. The molecule has 0 saturated carbocycles. The quantitative estimate of drug-likeness (QED) is 0.357. The summed E-state index contributed by atoms with van der Waals surface area (Å²) in [5.74, 6) is -0.488. The average Bonchev–Trinajstić information content (AvgIpc) is 3.19. The molecule has 6 nitrogen and oxygen atoms in total. The van der Waals surface area contributed by atoms with E-state index in [1.165, 1.54) is 0 Å². The molecule has 4 rings (SSSR count). The van der Waals surface area contributed by atoms with Crippen molar-refractivity contribution in [1.29, 1.82) is 0 Å². The van der Waals surface area contributed by atoms with Crippen LogP contribution in [0.4, 0.5) is 4.79 Å². The van der Waals surface area contributed by atoms with Crippen molar-refractivity contribution >= 4 is 22.8 Å². The summed E-state index contributed by atoms with van der Waals surface area (Å²) in [6, 6.07) is 27.2. The Morgan fingerprint density at radius 1 is 0.906 bits per heavy atom. The predicted molar refractivity (Wildman–Crippen MR) is 127 cm³/mol. The lowest BCUT2D eigenvalue weighted by Crippen LogP contribution is -2.47. The van der Waals surface area contributed by atoms with Gasteiger partial charge in [-0.15, -0.1) is 0 Å². The van der Waals surface area contributed by atoms with Crippen LogP contribution in [0.3, 0.4) is 0 Å². The Bertz CT molecular complexity index is 1220. The molecule has 2 atom stereocenters. The van der Waals surface area contributed by atoms with Crippen LogP contribution in [0.25, 0.3) is 22.2 Å². The number of carbonyl (C=O) groups excluding carboxylic acids is 2. The zero-order valence-corrected chi connectivity index (χ0v) is 17.8. The Hall–Kier alpha value is -3.90. The smallest absolute Gasteiger partial charge is 0.318 e. The number of aromatic amines is 1. The van der Waals surface area contributed by atoms with Crippen molar-refractivity contribution in [2.45, 2.75) is 18.9 Å². The number of para-hydroxylation sites is 1. The number of nitrogens with one attached hydrogen (secondary N) is 3. The number of H-pyrrole nitrogens is 1. The minimum atomic E-state index is -0.855. The fourth-order valence-corrected chi connectivity index (χ4v) is 4.05. The molecule has 3 aromatic carbocycles. The Morgan fingerprint density at radius 3 is 2.22 bits per heavy atom. The third-order valence-corrected chi connectivity index (χ3v) is 5.63. The van der Waals surface area contributed by atoms with Gasteiger partial charge in [-0.2, -0.15) is 0 Å². The highest BCUT2D eigenvalue weighted by atomic mass is 16.2. The van der Waals surface area contributed by atoms with Crippen molar-refractivity contribution in [2.75, 3.05) is 6.54 Å². The molecule has 1 heterocycles. The van der Waals surface area contributed by atoms with E-state index in [1.54, 1.807) is 6.92 Å². The van der Waals surface area contributed by atoms with Gasteiger partial charge in [-0.3, -0.25) is 10.1 Å². The zero-order chi connectivity index (χ0) is 22.5. The summed E-state index contributed by atoms with van der Waals surface area (Å²) in [7, 11) is 0. The van der Waals surface area contributed by atoms with E-state index in [0.717, 1.165) is 33.3 Å². The third kappa shape index (κ3) is 4.55. The van der Waals surface area contributed by atoms with Gasteiger partial charge in [0.2, 0.25) is 5.91 Å². The number of amides is 3. The van der Waals surface area contributed by atoms with Gasteiger partial charge < -0.3 is 16.0 Å². The molecule has 0 radical (unpaired) electrons. The Morgan fingerprint density at radius 2 is 1.53 bits per heavy atom. The van der Waals surface area contributed by atoms with E-state index in [-0.39, 0.29) is 5.92 Å². The van der Waals surface area contributed by atoms with E-state index in [0.29, 0.717) is 6.54 Å². The first kappa shape index (κ1) is 21.3. The number of hydrogen-bond donors (Lipinski definition) is 4. The second kappa shape index (κ2) is 9.49. The molecule has 0 spiro atoms. The molecule has 0 fully saturated rings. The summed E-state index contributed by atoms with van der Waals surface area (Å²) in [5, 5.41) is 6.56. The summed E-state index contributed by atoms with van der Waals surface area (Å²) in [5.41, 5.74) is 10.6. The van der Waals surface area contributed by atoms with Crippen LogP contribution >= 0.6 is 0 Å². The van der Waals surface area contributed by atoms with Gasteiger partial charge in [-0.05, 0) is 29.7 Å². The molecule has 162 valence electrons. The number of hydrogen-bond acceptors (Lipinski definition) is 3. The Labute approximate surface area is 186 Å². The van der Waals surface area contributed by atoms with Crippen molar-refractivity contribution in [3.63, 3.8) is 0 Å². The first-order valence-electron chi connectivity index (χ1n) is 10.6. The number of nitrogens with two attached hydrogens (primary N) is 1. The molecule has 5 N–H and O–H groups in total. The van der Waals surface area contributed by atoms with Gasteiger partial charge in [0.15, 0.2) is 0 Å². The van der Waals surface area contributed by atoms with Gasteiger partial charge in [-0.1, -0.05) is 78.9 Å². The van der Waals surface area contributed by atoms with Crippen LogP contribution in [0.1, 0.15) is 24.0 Å². The fraction of sp³-hybridized carbons (Fsp3) is 0.154. The molecule has 6 heteroatoms. The maximum absolute atomic E-state index is 12.2. The summed E-state index contributed by atoms with van der Waals surface area (Å²) < 4.78 is 0. The van der Waals surface area contributed by atoms with Crippen molar-refractivity contribution < 1.29 is 9.59 Å². The summed E-state index contributed by atoms with van der Waals surface area (Å²) in [6.07, 6.45) is 0. The summed E-state index contributed by atoms with van der Waals surface area (Å²) in [4.78, 5) is 26.9. The minimum Gasteiger partial charge on any atom is -0.354 e. The van der Waals surface area contributed by atoms with Crippen LogP contribution < -0.4 is 16.4 Å². The van der Waals surface area contributed by atoms with E-state index in [4.69, 9.17) is 5.73 Å². The van der Waals surface area contributed by atoms with Crippen molar-refractivity contribution in [2.24, 2.45) is 5.73 Å². The van der Waals surface area contributed by atoms with Crippen LogP contribution in [0.2, 0.25) is 0 Å². The van der Waals surface area contributed by atoms with E-state index in [1.807, 2.05) is 48.5 Å². The van der Waals surface area contributed by atoms with Crippen LogP contribution in [-0.2, 0) is 4.79 Å². The molecule has 0 aliphatic heterocycles. The van der Waals surface area contributed by atoms with Crippen LogP contribution in [0.15, 0.2) is 84.9 Å². The standard InChI is InChI=1S/C26H26N4O2/c1-17(25(31)30-26(27)32)28-16-21(18-10-4-2-5-11-18)23-20-14-8-9-15-22(20)29-24(23)19-12-6-3-7-13-19/h2-15,17,21,28-29H,16H2,1H3,(H3,27,30,31,32). The van der Waals surface area contributed by atoms with Gasteiger partial charge in [0.1, 0.15) is 0 Å². The molecular formula is C26H26N4O2. The zero-order valence-electron chi connectivity index (χ0n) is 17.8. The highest BCUT2D eigenvalue weighted by Crippen LogP contribution is 2.38. The SMILES string of the molecule is CC(NCC(c1ccccc1)c1c(-c2ccccc2)[nH]c2ccccc12)C(=O)NC(N)=O. The Kier molecular flexibility index (Phi) is 6.33. The number of imide groups is 1. The number of rotatable bonds is 7. The molecule has 0 saturated heterocycles. The maximum Gasteiger partial charge on any atom is 0.318 e. The number of urea groups is 1. The summed E-state index contributed by atoms with van der Waals surface area (Å²) in [6.45, 7) is 2.21. The molecule has 0 aliphatic rings. The van der Waals surface area contributed by atoms with E-state index < -0.39 is 18.0 Å². The van der Waals surface area contributed by atoms with Crippen molar-refractivity contribution in [3.05, 3.63) is 96.1 Å². The molecule has 2 unspecified atom stereocenters. The van der Waals surface area contributed by atoms with Crippen molar-refractivity contribution in [3.8, 4) is 11.3 Å². The van der Waals surface area contributed by atoms with Crippen molar-refractivity contribution in [1.82, 2.24) is 15.6 Å². The summed E-state index contributed by atoms with van der Waals surface area (Å²) >= 11 is 0. The Balaban J connectivity index is 1.78. The second-order valence-corrected chi connectivity index (χ2v) is 7.77. The van der Waals surface area contributed by atoms with E-state index in [2.05, 4.69) is 52.0 Å². The van der Waals surface area contributed by atoms with Crippen LogP contribution in [0.5, 0.6) is 0 Å². The molecule has 1 aromatic heterocycles. The normalized spacial score (nSPS) is 12.9. The molecule has 0 bridgehead atoms. The van der Waals surface area contributed by atoms with E-state index >= 15 is 0 Å². The maximum atomic E-state index is 12.2. The highest BCUT2D eigenvalue weighted by molar-refractivity contribution is 5.96. The number of primary amides is 1. The molecular weight excluding hydrogens is 400 g/mol. The lowest BCUT2D eigenvalue weighted by Gasteiger charge is -2.22. The predicted octanol–water partition coefficient (Wildman–Crippen LogP) is 4.14. The topological polar surface area (TPSA) is 100 Å². The first-order chi connectivity index (χ1) is 15.5. The first-order valence-corrected chi connectivity index (χ1v) is 10.6. The lowest BCUT2D eigenvalue weighted by molar-refractivity contribution is -0.121. The average molecular weight is 427 g/mol. The van der Waals surface area contributed by atoms with Gasteiger partial charge in [0.25, 0.3) is 0 Å².